The number of aromatic nitrogens is 1. The molecule has 0 spiro atoms. The second kappa shape index (κ2) is 6.31. The minimum Gasteiger partial charge on any atom is -0.404 e. The number of aliphatic imine (C=N–C) groups is 1. The van der Waals surface area contributed by atoms with Gasteiger partial charge in [-0.25, -0.2) is 0 Å². The van der Waals surface area contributed by atoms with Crippen LogP contribution in [-0.4, -0.2) is 34.6 Å². The summed E-state index contributed by atoms with van der Waals surface area (Å²) in [5.74, 6) is 1.32. The Bertz CT molecular complexity index is 754. The Kier molecular flexibility index (Phi) is 4.05. The Morgan fingerprint density at radius 2 is 2.35 bits per heavy atom. The molecule has 0 atom stereocenters. The van der Waals surface area contributed by atoms with Gasteiger partial charge in [-0.3, -0.25) is 14.8 Å². The lowest BCUT2D eigenvalue weighted by atomic mass is 10.1. The molecule has 0 aliphatic carbocycles. The third-order valence-electron chi connectivity index (χ3n) is 3.59. The molecule has 0 radical (unpaired) electrons. The van der Waals surface area contributed by atoms with Crippen LogP contribution in [0.15, 0.2) is 77.6 Å². The van der Waals surface area contributed by atoms with Crippen LogP contribution < -0.4 is 11.1 Å². The fourth-order valence-electron chi connectivity index (χ4n) is 2.55. The first-order valence-electron chi connectivity index (χ1n) is 7.25. The number of rotatable bonds is 3. The lowest BCUT2D eigenvalue weighted by Gasteiger charge is -2.32. The van der Waals surface area contributed by atoms with Gasteiger partial charge in [-0.2, -0.15) is 0 Å². The highest BCUT2D eigenvalue weighted by Crippen LogP contribution is 2.25. The minimum atomic E-state index is -0.120. The Morgan fingerprint density at radius 3 is 3.04 bits per heavy atom. The van der Waals surface area contributed by atoms with Crippen LogP contribution in [0.4, 0.5) is 0 Å². The van der Waals surface area contributed by atoms with Crippen molar-refractivity contribution in [3.05, 3.63) is 78.2 Å². The molecule has 116 valence electrons. The first kappa shape index (κ1) is 14.8. The number of nitrogens with zero attached hydrogens (tertiary/aromatic N) is 3. The number of nitrogens with one attached hydrogen (secondary N) is 1. The highest BCUT2D eigenvalue weighted by atomic mass is 16.1. The van der Waals surface area contributed by atoms with E-state index >= 15 is 0 Å². The Labute approximate surface area is 134 Å². The van der Waals surface area contributed by atoms with E-state index < -0.39 is 0 Å². The van der Waals surface area contributed by atoms with Crippen LogP contribution in [0.5, 0.6) is 0 Å². The molecule has 3 heterocycles. The molecule has 0 aromatic carbocycles. The Hall–Kier alpha value is -3.15. The molecule has 0 unspecified atom stereocenters. The molecule has 23 heavy (non-hydrogen) atoms. The maximum atomic E-state index is 12.4. The smallest absolute Gasteiger partial charge is 0.191 e. The third-order valence-corrected chi connectivity index (χ3v) is 3.59. The van der Waals surface area contributed by atoms with Crippen LogP contribution in [0.3, 0.4) is 0 Å². The number of nitrogens with two attached hydrogens (primary N) is 1. The van der Waals surface area contributed by atoms with Crippen molar-refractivity contribution in [1.29, 1.82) is 0 Å². The number of allylic oxidation sites excluding steroid dienone is 3. The molecule has 0 amide bonds. The first-order valence-corrected chi connectivity index (χ1v) is 7.25. The van der Waals surface area contributed by atoms with E-state index in [4.69, 9.17) is 5.73 Å². The summed E-state index contributed by atoms with van der Waals surface area (Å²) in [5.41, 5.74) is 7.84. The lowest BCUT2D eigenvalue weighted by Crippen LogP contribution is -2.42. The fourth-order valence-corrected chi connectivity index (χ4v) is 2.55. The SMILES string of the molecule is C=C/C=C1/NC(=CC(=O)c2cccnc2)N2CCN=C2/C1=C/N. The normalized spacial score (nSPS) is 22.0. The molecule has 3 N–H and O–H groups in total. The number of fused-ring (bicyclic) bond motifs is 1. The molecule has 0 bridgehead atoms. The molecular formula is C17H17N5O. The summed E-state index contributed by atoms with van der Waals surface area (Å²) in [4.78, 5) is 22.8. The average Bonchev–Trinajstić information content (AvgIpc) is 3.06. The van der Waals surface area contributed by atoms with Gasteiger partial charge in [0.15, 0.2) is 5.78 Å². The number of carbonyl (C=O) groups is 1. The van der Waals surface area contributed by atoms with E-state index in [9.17, 15) is 4.79 Å². The van der Waals surface area contributed by atoms with Crippen molar-refractivity contribution in [2.75, 3.05) is 13.1 Å². The van der Waals surface area contributed by atoms with Crippen LogP contribution in [0.2, 0.25) is 0 Å². The topological polar surface area (TPSA) is 83.6 Å². The average molecular weight is 307 g/mol. The maximum Gasteiger partial charge on any atom is 0.191 e. The number of ketones is 1. The van der Waals surface area contributed by atoms with Gasteiger partial charge in [-0.05, 0) is 18.2 Å². The molecular weight excluding hydrogens is 290 g/mol. The van der Waals surface area contributed by atoms with E-state index in [0.29, 0.717) is 24.5 Å². The molecule has 1 fully saturated rings. The predicted molar refractivity (Wildman–Crippen MR) is 89.3 cm³/mol. The first-order chi connectivity index (χ1) is 11.2. The van der Waals surface area contributed by atoms with Gasteiger partial charge in [0, 0.05) is 36.8 Å². The molecule has 3 rings (SSSR count). The van der Waals surface area contributed by atoms with Crippen molar-refractivity contribution in [3.8, 4) is 0 Å². The standard InChI is InChI=1S/C17H17N5O/c1-2-4-14-13(10-18)17-20-7-8-22(17)16(21-14)9-15(23)12-5-3-6-19-11-12/h2-6,9-11,21H,1,7-8,18H2/b13-10+,14-4+,16-9?. The van der Waals surface area contributed by atoms with Gasteiger partial charge >= 0.3 is 0 Å². The molecule has 1 aromatic rings. The van der Waals surface area contributed by atoms with Gasteiger partial charge in [-0.1, -0.05) is 12.7 Å². The minimum absolute atomic E-state index is 0.120. The Morgan fingerprint density at radius 1 is 1.48 bits per heavy atom. The predicted octanol–water partition coefficient (Wildman–Crippen LogP) is 1.34. The second-order valence-electron chi connectivity index (χ2n) is 5.01. The molecule has 2 aliphatic heterocycles. The van der Waals surface area contributed by atoms with E-state index in [2.05, 4.69) is 21.9 Å². The van der Waals surface area contributed by atoms with Crippen molar-refractivity contribution in [2.45, 2.75) is 0 Å². The zero-order chi connectivity index (χ0) is 16.2. The number of pyridine rings is 1. The van der Waals surface area contributed by atoms with Crippen molar-refractivity contribution in [2.24, 2.45) is 10.7 Å². The van der Waals surface area contributed by atoms with E-state index in [0.717, 1.165) is 17.1 Å². The number of hydrogen-bond acceptors (Lipinski definition) is 6. The second-order valence-corrected chi connectivity index (χ2v) is 5.01. The molecule has 1 aromatic heterocycles. The summed E-state index contributed by atoms with van der Waals surface area (Å²) in [6, 6.07) is 3.47. The number of carbonyl (C=O) groups excluding carboxylic acids is 1. The van der Waals surface area contributed by atoms with Gasteiger partial charge < -0.3 is 16.0 Å². The molecule has 0 saturated carbocycles. The van der Waals surface area contributed by atoms with Crippen LogP contribution in [0.1, 0.15) is 10.4 Å². The third kappa shape index (κ3) is 2.78. The van der Waals surface area contributed by atoms with Gasteiger partial charge in [0.2, 0.25) is 0 Å². The summed E-state index contributed by atoms with van der Waals surface area (Å²) in [6.45, 7) is 5.07. The fraction of sp³-hybridized carbons (Fsp3) is 0.118. The Balaban J connectivity index is 1.98. The van der Waals surface area contributed by atoms with E-state index in [1.165, 1.54) is 6.20 Å². The van der Waals surface area contributed by atoms with Crippen LogP contribution in [-0.2, 0) is 0 Å². The highest BCUT2D eigenvalue weighted by molar-refractivity contribution is 6.08. The summed E-state index contributed by atoms with van der Waals surface area (Å²) < 4.78 is 0. The number of hydrogen-bond donors (Lipinski definition) is 2. The molecule has 6 nitrogen and oxygen atoms in total. The summed E-state index contributed by atoms with van der Waals surface area (Å²) in [6.07, 6.45) is 9.72. The quantitative estimate of drug-likeness (QED) is 0.650. The summed E-state index contributed by atoms with van der Waals surface area (Å²) in [5, 5.41) is 3.23. The van der Waals surface area contributed by atoms with E-state index in [-0.39, 0.29) is 5.78 Å². The zero-order valence-electron chi connectivity index (χ0n) is 12.6. The van der Waals surface area contributed by atoms with Gasteiger partial charge in [-0.15, -0.1) is 0 Å². The zero-order valence-corrected chi connectivity index (χ0v) is 12.6. The van der Waals surface area contributed by atoms with E-state index in [1.807, 2.05) is 4.90 Å². The highest BCUT2D eigenvalue weighted by Gasteiger charge is 2.31. The van der Waals surface area contributed by atoms with Crippen LogP contribution in [0.25, 0.3) is 0 Å². The van der Waals surface area contributed by atoms with Gasteiger partial charge in [0.25, 0.3) is 0 Å². The summed E-state index contributed by atoms with van der Waals surface area (Å²) in [7, 11) is 0. The van der Waals surface area contributed by atoms with E-state index in [1.54, 1.807) is 42.8 Å². The summed E-state index contributed by atoms with van der Waals surface area (Å²) >= 11 is 0. The maximum absolute atomic E-state index is 12.4. The largest absolute Gasteiger partial charge is 0.404 e. The van der Waals surface area contributed by atoms with Crippen molar-refractivity contribution in [3.63, 3.8) is 0 Å². The molecule has 6 heteroatoms. The van der Waals surface area contributed by atoms with Crippen LogP contribution >= 0.6 is 0 Å². The van der Waals surface area contributed by atoms with Crippen molar-refractivity contribution in [1.82, 2.24) is 15.2 Å². The number of amidine groups is 1. The van der Waals surface area contributed by atoms with Crippen LogP contribution in [0, 0.1) is 0 Å². The lowest BCUT2D eigenvalue weighted by molar-refractivity contribution is 0.104. The van der Waals surface area contributed by atoms with Crippen molar-refractivity contribution < 1.29 is 4.79 Å². The van der Waals surface area contributed by atoms with Gasteiger partial charge in [0.1, 0.15) is 11.7 Å². The van der Waals surface area contributed by atoms with Gasteiger partial charge in [0.05, 0.1) is 17.8 Å². The van der Waals surface area contributed by atoms with Crippen molar-refractivity contribution >= 4 is 11.6 Å². The monoisotopic (exact) mass is 307 g/mol. The molecule has 2 aliphatic rings. The molecule has 1 saturated heterocycles.